The highest BCUT2D eigenvalue weighted by molar-refractivity contribution is 6.31. The van der Waals surface area contributed by atoms with Crippen molar-refractivity contribution in [1.82, 2.24) is 0 Å². The molecule has 3 heteroatoms. The van der Waals surface area contributed by atoms with Gasteiger partial charge in [0, 0.05) is 22.0 Å². The van der Waals surface area contributed by atoms with Gasteiger partial charge in [0.15, 0.2) is 5.78 Å². The first-order chi connectivity index (χ1) is 8.58. The topological polar surface area (TPSA) is 29.1 Å². The predicted octanol–water partition coefficient (Wildman–Crippen LogP) is 4.59. The van der Waals surface area contributed by atoms with Gasteiger partial charge in [-0.1, -0.05) is 17.7 Å². The molecule has 0 bridgehead atoms. The molecule has 0 spiro atoms. The number of Topliss-reactive ketones (excluding diaryl/α,β-unsaturated/α-hetero) is 1. The van der Waals surface area contributed by atoms with E-state index in [0.29, 0.717) is 5.56 Å². The zero-order valence-corrected chi connectivity index (χ0v) is 11.1. The maximum Gasteiger partial charge on any atom is 0.159 e. The van der Waals surface area contributed by atoms with Crippen LogP contribution in [0.15, 0.2) is 42.5 Å². The number of rotatable bonds is 3. The molecular weight excluding hydrogens is 246 g/mol. The second-order valence-corrected chi connectivity index (χ2v) is 4.58. The monoisotopic (exact) mass is 259 g/mol. The van der Waals surface area contributed by atoms with Crippen LogP contribution in [0, 0.1) is 6.92 Å². The number of ketones is 1. The van der Waals surface area contributed by atoms with Crippen molar-refractivity contribution in [3.63, 3.8) is 0 Å². The Morgan fingerprint density at radius 3 is 2.39 bits per heavy atom. The molecule has 0 aliphatic heterocycles. The molecular formula is C15H14ClNO. The third kappa shape index (κ3) is 2.71. The van der Waals surface area contributed by atoms with Crippen molar-refractivity contribution in [2.45, 2.75) is 13.8 Å². The minimum atomic E-state index is 0.0699. The highest BCUT2D eigenvalue weighted by atomic mass is 35.5. The van der Waals surface area contributed by atoms with Crippen molar-refractivity contribution in [3.8, 4) is 0 Å². The molecule has 18 heavy (non-hydrogen) atoms. The molecule has 2 nitrogen and oxygen atoms in total. The predicted molar refractivity (Wildman–Crippen MR) is 75.9 cm³/mol. The van der Waals surface area contributed by atoms with Gasteiger partial charge in [-0.2, -0.15) is 0 Å². The number of carbonyl (C=O) groups excluding carboxylic acids is 1. The summed E-state index contributed by atoms with van der Waals surface area (Å²) < 4.78 is 0. The number of benzene rings is 2. The Hall–Kier alpha value is -1.80. The molecule has 0 radical (unpaired) electrons. The third-order valence-corrected chi connectivity index (χ3v) is 3.25. The highest BCUT2D eigenvalue weighted by Gasteiger charge is 2.03. The van der Waals surface area contributed by atoms with E-state index in [0.717, 1.165) is 22.0 Å². The van der Waals surface area contributed by atoms with Gasteiger partial charge < -0.3 is 5.32 Å². The summed E-state index contributed by atoms with van der Waals surface area (Å²) in [6.07, 6.45) is 0. The molecule has 1 N–H and O–H groups in total. The van der Waals surface area contributed by atoms with Crippen LogP contribution in [-0.4, -0.2) is 5.78 Å². The molecule has 0 heterocycles. The maximum absolute atomic E-state index is 11.2. The van der Waals surface area contributed by atoms with Crippen LogP contribution in [0.3, 0.4) is 0 Å². The highest BCUT2D eigenvalue weighted by Crippen LogP contribution is 2.26. The van der Waals surface area contributed by atoms with Gasteiger partial charge in [0.2, 0.25) is 0 Å². The van der Waals surface area contributed by atoms with E-state index in [9.17, 15) is 4.79 Å². The van der Waals surface area contributed by atoms with Gasteiger partial charge in [0.05, 0.1) is 0 Å². The first-order valence-electron chi connectivity index (χ1n) is 5.71. The molecule has 0 aliphatic carbocycles. The number of nitrogens with one attached hydrogen (secondary N) is 1. The summed E-state index contributed by atoms with van der Waals surface area (Å²) in [6, 6.07) is 13.1. The molecule has 0 atom stereocenters. The van der Waals surface area contributed by atoms with Gasteiger partial charge in [-0.05, 0) is 55.8 Å². The van der Waals surface area contributed by atoms with E-state index in [2.05, 4.69) is 5.32 Å². The van der Waals surface area contributed by atoms with Crippen molar-refractivity contribution < 1.29 is 4.79 Å². The van der Waals surface area contributed by atoms with Crippen molar-refractivity contribution in [1.29, 1.82) is 0 Å². The Morgan fingerprint density at radius 1 is 1.11 bits per heavy atom. The summed E-state index contributed by atoms with van der Waals surface area (Å²) in [5, 5.41) is 4.02. The smallest absolute Gasteiger partial charge is 0.159 e. The van der Waals surface area contributed by atoms with Crippen molar-refractivity contribution in [2.75, 3.05) is 5.32 Å². The second-order valence-electron chi connectivity index (χ2n) is 4.17. The van der Waals surface area contributed by atoms with Gasteiger partial charge in [0.25, 0.3) is 0 Å². The lowest BCUT2D eigenvalue weighted by molar-refractivity contribution is 0.101. The summed E-state index contributed by atoms with van der Waals surface area (Å²) in [7, 11) is 0. The number of hydrogen-bond donors (Lipinski definition) is 1. The van der Waals surface area contributed by atoms with Crippen LogP contribution in [-0.2, 0) is 0 Å². The summed E-state index contributed by atoms with van der Waals surface area (Å²) >= 11 is 6.06. The second kappa shape index (κ2) is 5.23. The van der Waals surface area contributed by atoms with E-state index in [1.807, 2.05) is 49.4 Å². The largest absolute Gasteiger partial charge is 0.355 e. The van der Waals surface area contributed by atoms with E-state index in [1.165, 1.54) is 0 Å². The van der Waals surface area contributed by atoms with Gasteiger partial charge in [-0.25, -0.2) is 0 Å². The van der Waals surface area contributed by atoms with Crippen LogP contribution < -0.4 is 5.32 Å². The third-order valence-electron chi connectivity index (χ3n) is 2.84. The Balaban J connectivity index is 2.24. The summed E-state index contributed by atoms with van der Waals surface area (Å²) in [4.78, 5) is 11.2. The maximum atomic E-state index is 11.2. The SMILES string of the molecule is CC(=O)c1ccc(Nc2cccc(Cl)c2C)cc1. The first-order valence-corrected chi connectivity index (χ1v) is 6.09. The summed E-state index contributed by atoms with van der Waals surface area (Å²) in [5.74, 6) is 0.0699. The lowest BCUT2D eigenvalue weighted by Crippen LogP contribution is -1.95. The summed E-state index contributed by atoms with van der Waals surface area (Å²) in [6.45, 7) is 3.53. The molecule has 0 aliphatic rings. The van der Waals surface area contributed by atoms with Crippen LogP contribution in [0.5, 0.6) is 0 Å². The lowest BCUT2D eigenvalue weighted by atomic mass is 10.1. The molecule has 0 saturated heterocycles. The standard InChI is InChI=1S/C15H14ClNO/c1-10-14(16)4-3-5-15(10)17-13-8-6-12(7-9-13)11(2)18/h3-9,17H,1-2H3. The zero-order valence-electron chi connectivity index (χ0n) is 10.3. The fourth-order valence-electron chi connectivity index (χ4n) is 1.69. The van der Waals surface area contributed by atoms with Crippen LogP contribution in [0.25, 0.3) is 0 Å². The Morgan fingerprint density at radius 2 is 1.78 bits per heavy atom. The Bertz CT molecular complexity index is 576. The molecule has 0 amide bonds. The minimum Gasteiger partial charge on any atom is -0.355 e. The number of anilines is 2. The number of hydrogen-bond acceptors (Lipinski definition) is 2. The van der Waals surface area contributed by atoms with E-state index < -0.39 is 0 Å². The fraction of sp³-hybridized carbons (Fsp3) is 0.133. The molecule has 0 saturated carbocycles. The Kier molecular flexibility index (Phi) is 3.68. The number of carbonyl (C=O) groups is 1. The van der Waals surface area contributed by atoms with Crippen LogP contribution in [0.2, 0.25) is 5.02 Å². The molecule has 2 aromatic carbocycles. The van der Waals surface area contributed by atoms with E-state index in [4.69, 9.17) is 11.6 Å². The normalized spacial score (nSPS) is 10.2. The molecule has 2 aromatic rings. The van der Waals surface area contributed by atoms with Gasteiger partial charge >= 0.3 is 0 Å². The number of halogens is 1. The average Bonchev–Trinajstić information content (AvgIpc) is 2.36. The molecule has 0 unspecified atom stereocenters. The van der Waals surface area contributed by atoms with E-state index in [1.54, 1.807) is 6.92 Å². The quantitative estimate of drug-likeness (QED) is 0.817. The molecule has 0 aromatic heterocycles. The van der Waals surface area contributed by atoms with Crippen molar-refractivity contribution >= 4 is 28.8 Å². The molecule has 2 rings (SSSR count). The van der Waals surface area contributed by atoms with Gasteiger partial charge in [0.1, 0.15) is 0 Å². The zero-order chi connectivity index (χ0) is 13.1. The fourth-order valence-corrected chi connectivity index (χ4v) is 1.86. The lowest BCUT2D eigenvalue weighted by Gasteiger charge is -2.10. The molecule has 92 valence electrons. The van der Waals surface area contributed by atoms with Crippen LogP contribution >= 0.6 is 11.6 Å². The first kappa shape index (κ1) is 12.7. The van der Waals surface area contributed by atoms with Gasteiger partial charge in [-0.15, -0.1) is 0 Å². The van der Waals surface area contributed by atoms with Crippen molar-refractivity contribution in [3.05, 3.63) is 58.6 Å². The van der Waals surface area contributed by atoms with E-state index >= 15 is 0 Å². The Labute approximate surface area is 112 Å². The molecule has 0 fully saturated rings. The summed E-state index contributed by atoms with van der Waals surface area (Å²) in [5.41, 5.74) is 3.63. The van der Waals surface area contributed by atoms with Crippen LogP contribution in [0.1, 0.15) is 22.8 Å². The minimum absolute atomic E-state index is 0.0699. The van der Waals surface area contributed by atoms with E-state index in [-0.39, 0.29) is 5.78 Å². The van der Waals surface area contributed by atoms with Gasteiger partial charge in [-0.3, -0.25) is 4.79 Å². The van der Waals surface area contributed by atoms with Crippen LogP contribution in [0.4, 0.5) is 11.4 Å². The van der Waals surface area contributed by atoms with Crippen molar-refractivity contribution in [2.24, 2.45) is 0 Å². The average molecular weight is 260 g/mol.